The molecule has 5 nitrogen and oxygen atoms in total. The maximum Gasteiger partial charge on any atom is 0.341 e. The predicted octanol–water partition coefficient (Wildman–Crippen LogP) is 5.24. The summed E-state index contributed by atoms with van der Waals surface area (Å²) in [5, 5.41) is 5.14. The first-order valence-electron chi connectivity index (χ1n) is 8.93. The number of rotatable bonds is 7. The Morgan fingerprint density at radius 3 is 2.39 bits per heavy atom. The molecule has 0 bridgehead atoms. The molecule has 1 aromatic heterocycles. The normalized spacial score (nSPS) is 10.4. The maximum absolute atomic E-state index is 12.7. The number of carbonyl (C=O) groups is 2. The van der Waals surface area contributed by atoms with Crippen molar-refractivity contribution < 1.29 is 19.1 Å². The van der Waals surface area contributed by atoms with Gasteiger partial charge in [0.15, 0.2) is 0 Å². The molecular formula is C22H21NO4S. The summed E-state index contributed by atoms with van der Waals surface area (Å²) in [5.41, 5.74) is 2.46. The van der Waals surface area contributed by atoms with Gasteiger partial charge in [-0.3, -0.25) is 4.79 Å². The molecule has 2 aromatic carbocycles. The first-order chi connectivity index (χ1) is 13.6. The predicted molar refractivity (Wildman–Crippen MR) is 111 cm³/mol. The standard InChI is InChI=1S/C22H21NO4S/c1-3-13-27-17-11-9-16(10-12-17)20(24)23-21-19(22(25)26-2)18(14-28-21)15-7-5-4-6-8-15/h4-12,14H,3,13H2,1-2H3,(H,23,24). The summed E-state index contributed by atoms with van der Waals surface area (Å²) in [6.45, 7) is 2.66. The van der Waals surface area contributed by atoms with E-state index in [4.69, 9.17) is 9.47 Å². The second kappa shape index (κ2) is 9.19. The summed E-state index contributed by atoms with van der Waals surface area (Å²) in [4.78, 5) is 25.0. The highest BCUT2D eigenvalue weighted by molar-refractivity contribution is 7.15. The monoisotopic (exact) mass is 395 g/mol. The Hall–Kier alpha value is -3.12. The first-order valence-corrected chi connectivity index (χ1v) is 9.81. The van der Waals surface area contributed by atoms with Crippen molar-refractivity contribution in [2.45, 2.75) is 13.3 Å². The molecule has 0 aliphatic heterocycles. The molecule has 1 heterocycles. The van der Waals surface area contributed by atoms with Crippen LogP contribution in [0, 0.1) is 0 Å². The first kappa shape index (κ1) is 19.6. The van der Waals surface area contributed by atoms with Crippen LogP contribution >= 0.6 is 11.3 Å². The van der Waals surface area contributed by atoms with E-state index in [-0.39, 0.29) is 5.91 Å². The van der Waals surface area contributed by atoms with Gasteiger partial charge in [0.1, 0.15) is 16.3 Å². The molecule has 0 aliphatic carbocycles. The average Bonchev–Trinajstić information content (AvgIpc) is 3.16. The van der Waals surface area contributed by atoms with Crippen LogP contribution in [0.2, 0.25) is 0 Å². The number of carbonyl (C=O) groups excluding carboxylic acids is 2. The SMILES string of the molecule is CCCOc1ccc(C(=O)Nc2scc(-c3ccccc3)c2C(=O)OC)cc1. The number of methoxy groups -OCH3 is 1. The van der Waals surface area contributed by atoms with Gasteiger partial charge >= 0.3 is 5.97 Å². The van der Waals surface area contributed by atoms with Crippen molar-refractivity contribution in [2.24, 2.45) is 0 Å². The van der Waals surface area contributed by atoms with Gasteiger partial charge in [-0.2, -0.15) is 0 Å². The zero-order valence-corrected chi connectivity index (χ0v) is 16.5. The number of ether oxygens (including phenoxy) is 2. The zero-order chi connectivity index (χ0) is 19.9. The Bertz CT molecular complexity index is 948. The molecule has 0 atom stereocenters. The fourth-order valence-corrected chi connectivity index (χ4v) is 3.63. The number of thiophene rings is 1. The fraction of sp³-hybridized carbons (Fsp3) is 0.182. The second-order valence-corrected chi connectivity index (χ2v) is 6.92. The van der Waals surface area contributed by atoms with Gasteiger partial charge in [-0.15, -0.1) is 11.3 Å². The van der Waals surface area contributed by atoms with Crippen LogP contribution in [0.5, 0.6) is 5.75 Å². The summed E-state index contributed by atoms with van der Waals surface area (Å²) in [5.74, 6) is -0.0662. The number of anilines is 1. The quantitative estimate of drug-likeness (QED) is 0.556. The maximum atomic E-state index is 12.7. The lowest BCUT2D eigenvalue weighted by Gasteiger charge is -2.09. The van der Waals surface area contributed by atoms with Crippen LogP contribution < -0.4 is 10.1 Å². The van der Waals surface area contributed by atoms with E-state index in [2.05, 4.69) is 5.32 Å². The molecule has 6 heteroatoms. The third-order valence-corrected chi connectivity index (χ3v) is 4.98. The van der Waals surface area contributed by atoms with Gasteiger partial charge in [0.25, 0.3) is 5.91 Å². The van der Waals surface area contributed by atoms with Crippen molar-refractivity contribution in [1.29, 1.82) is 0 Å². The van der Waals surface area contributed by atoms with Crippen molar-refractivity contribution in [3.63, 3.8) is 0 Å². The molecule has 0 fully saturated rings. The molecule has 0 spiro atoms. The van der Waals surface area contributed by atoms with Gasteiger partial charge < -0.3 is 14.8 Å². The minimum atomic E-state index is -0.487. The summed E-state index contributed by atoms with van der Waals surface area (Å²) in [6.07, 6.45) is 0.917. The van der Waals surface area contributed by atoms with Gasteiger partial charge in [-0.05, 0) is 36.2 Å². The minimum absolute atomic E-state index is 0.298. The Morgan fingerprint density at radius 1 is 1.04 bits per heavy atom. The highest BCUT2D eigenvalue weighted by Crippen LogP contribution is 2.36. The fourth-order valence-electron chi connectivity index (χ4n) is 2.68. The molecule has 28 heavy (non-hydrogen) atoms. The summed E-state index contributed by atoms with van der Waals surface area (Å²) < 4.78 is 10.5. The third kappa shape index (κ3) is 4.40. The lowest BCUT2D eigenvalue weighted by Crippen LogP contribution is -2.14. The molecule has 144 valence electrons. The molecule has 3 aromatic rings. The van der Waals surface area contributed by atoms with Crippen LogP contribution in [0.15, 0.2) is 60.0 Å². The van der Waals surface area contributed by atoms with Crippen molar-refractivity contribution in [3.05, 3.63) is 71.1 Å². The Labute approximate surface area is 167 Å². The van der Waals surface area contributed by atoms with Crippen molar-refractivity contribution in [1.82, 2.24) is 0 Å². The van der Waals surface area contributed by atoms with Crippen LogP contribution in [0.4, 0.5) is 5.00 Å². The van der Waals surface area contributed by atoms with E-state index in [1.54, 1.807) is 24.3 Å². The lowest BCUT2D eigenvalue weighted by atomic mass is 10.0. The van der Waals surface area contributed by atoms with Crippen molar-refractivity contribution in [3.8, 4) is 16.9 Å². The highest BCUT2D eigenvalue weighted by Gasteiger charge is 2.22. The summed E-state index contributed by atoms with van der Waals surface area (Å²) >= 11 is 1.29. The molecule has 0 radical (unpaired) electrons. The smallest absolute Gasteiger partial charge is 0.341 e. The van der Waals surface area contributed by atoms with E-state index in [1.807, 2.05) is 42.6 Å². The van der Waals surface area contributed by atoms with Gasteiger partial charge in [0, 0.05) is 16.5 Å². The second-order valence-electron chi connectivity index (χ2n) is 6.04. The Morgan fingerprint density at radius 2 is 1.75 bits per heavy atom. The number of benzene rings is 2. The van der Waals surface area contributed by atoms with Crippen molar-refractivity contribution in [2.75, 3.05) is 19.0 Å². The molecule has 3 rings (SSSR count). The number of hydrogen-bond donors (Lipinski definition) is 1. The highest BCUT2D eigenvalue weighted by atomic mass is 32.1. The Kier molecular flexibility index (Phi) is 6.45. The van der Waals surface area contributed by atoms with E-state index in [0.717, 1.165) is 23.3 Å². The van der Waals surface area contributed by atoms with Crippen molar-refractivity contribution >= 4 is 28.2 Å². The van der Waals surface area contributed by atoms with E-state index in [0.29, 0.717) is 22.7 Å². The van der Waals surface area contributed by atoms with Crippen LogP contribution in [0.25, 0.3) is 11.1 Å². The van der Waals surface area contributed by atoms with E-state index < -0.39 is 5.97 Å². The van der Waals surface area contributed by atoms with Crippen LogP contribution in [-0.2, 0) is 4.74 Å². The molecule has 1 N–H and O–H groups in total. The Balaban J connectivity index is 1.84. The molecule has 0 aliphatic rings. The number of amides is 1. The molecular weight excluding hydrogens is 374 g/mol. The van der Waals surface area contributed by atoms with Gasteiger partial charge in [-0.1, -0.05) is 37.3 Å². The average molecular weight is 395 g/mol. The number of nitrogens with one attached hydrogen (secondary N) is 1. The largest absolute Gasteiger partial charge is 0.494 e. The third-order valence-electron chi connectivity index (χ3n) is 4.08. The van der Waals surface area contributed by atoms with E-state index in [9.17, 15) is 9.59 Å². The molecule has 0 saturated carbocycles. The van der Waals surface area contributed by atoms with Crippen LogP contribution in [0.3, 0.4) is 0 Å². The minimum Gasteiger partial charge on any atom is -0.494 e. The van der Waals surface area contributed by atoms with Gasteiger partial charge in [0.05, 0.1) is 13.7 Å². The lowest BCUT2D eigenvalue weighted by molar-refractivity contribution is 0.0603. The molecule has 1 amide bonds. The molecule has 0 saturated heterocycles. The van der Waals surface area contributed by atoms with Gasteiger partial charge in [-0.25, -0.2) is 4.79 Å². The van der Waals surface area contributed by atoms with Crippen LogP contribution in [-0.4, -0.2) is 25.6 Å². The summed E-state index contributed by atoms with van der Waals surface area (Å²) in [7, 11) is 1.33. The summed E-state index contributed by atoms with van der Waals surface area (Å²) in [6, 6.07) is 16.4. The topological polar surface area (TPSA) is 64.6 Å². The molecule has 0 unspecified atom stereocenters. The van der Waals surface area contributed by atoms with Crippen LogP contribution in [0.1, 0.15) is 34.1 Å². The number of esters is 1. The van der Waals surface area contributed by atoms with E-state index in [1.165, 1.54) is 18.4 Å². The number of hydrogen-bond acceptors (Lipinski definition) is 5. The van der Waals surface area contributed by atoms with E-state index >= 15 is 0 Å². The van der Waals surface area contributed by atoms with Gasteiger partial charge in [0.2, 0.25) is 0 Å². The zero-order valence-electron chi connectivity index (χ0n) is 15.7.